The standard InChI is InChI=1S/C15H23FN2O/c1-12(2)11-18-15(19)8-10-17-9-7-13-3-5-14(16)6-4-13/h3-6,12,17H,7-11H2,1-2H3,(H,18,19). The van der Waals surface area contributed by atoms with Gasteiger partial charge in [0.15, 0.2) is 0 Å². The number of benzene rings is 1. The monoisotopic (exact) mass is 266 g/mol. The van der Waals surface area contributed by atoms with Crippen LogP contribution in [0.5, 0.6) is 0 Å². The molecule has 0 radical (unpaired) electrons. The van der Waals surface area contributed by atoms with Crippen molar-refractivity contribution in [2.45, 2.75) is 26.7 Å². The van der Waals surface area contributed by atoms with E-state index >= 15 is 0 Å². The molecule has 0 unspecified atom stereocenters. The second kappa shape index (κ2) is 8.64. The zero-order valence-corrected chi connectivity index (χ0v) is 11.7. The van der Waals surface area contributed by atoms with Gasteiger partial charge in [-0.25, -0.2) is 4.39 Å². The molecule has 4 heteroatoms. The van der Waals surface area contributed by atoms with Crippen molar-refractivity contribution < 1.29 is 9.18 Å². The second-order valence-electron chi connectivity index (χ2n) is 5.07. The van der Waals surface area contributed by atoms with Gasteiger partial charge in [0.05, 0.1) is 0 Å². The van der Waals surface area contributed by atoms with Crippen LogP contribution < -0.4 is 10.6 Å². The third kappa shape index (κ3) is 7.57. The molecule has 1 rings (SSSR count). The molecule has 0 heterocycles. The minimum Gasteiger partial charge on any atom is -0.356 e. The molecule has 106 valence electrons. The van der Waals surface area contributed by atoms with Gasteiger partial charge >= 0.3 is 0 Å². The van der Waals surface area contributed by atoms with Crippen LogP contribution in [0.4, 0.5) is 4.39 Å². The molecule has 0 saturated heterocycles. The van der Waals surface area contributed by atoms with Gasteiger partial charge in [-0.05, 0) is 36.6 Å². The van der Waals surface area contributed by atoms with Gasteiger partial charge in [-0.1, -0.05) is 26.0 Å². The number of rotatable bonds is 8. The van der Waals surface area contributed by atoms with Crippen LogP contribution in [-0.4, -0.2) is 25.5 Å². The summed E-state index contributed by atoms with van der Waals surface area (Å²) < 4.78 is 12.7. The summed E-state index contributed by atoms with van der Waals surface area (Å²) in [6.07, 6.45) is 1.34. The normalized spacial score (nSPS) is 10.7. The largest absolute Gasteiger partial charge is 0.356 e. The maximum Gasteiger partial charge on any atom is 0.221 e. The van der Waals surface area contributed by atoms with Crippen molar-refractivity contribution in [2.75, 3.05) is 19.6 Å². The molecule has 1 amide bonds. The fourth-order valence-electron chi connectivity index (χ4n) is 1.62. The van der Waals surface area contributed by atoms with E-state index in [0.717, 1.165) is 25.1 Å². The van der Waals surface area contributed by atoms with Crippen molar-refractivity contribution in [3.63, 3.8) is 0 Å². The Hall–Kier alpha value is -1.42. The molecule has 0 saturated carbocycles. The molecule has 0 aliphatic heterocycles. The first kappa shape index (κ1) is 15.6. The number of carbonyl (C=O) groups excluding carboxylic acids is 1. The summed E-state index contributed by atoms with van der Waals surface area (Å²) in [6, 6.07) is 6.50. The van der Waals surface area contributed by atoms with Crippen LogP contribution in [-0.2, 0) is 11.2 Å². The quantitative estimate of drug-likeness (QED) is 0.708. The predicted molar refractivity (Wildman–Crippen MR) is 75.4 cm³/mol. The molecule has 0 fully saturated rings. The fraction of sp³-hybridized carbons (Fsp3) is 0.533. The first-order chi connectivity index (χ1) is 9.08. The molecule has 3 nitrogen and oxygen atoms in total. The predicted octanol–water partition coefficient (Wildman–Crippen LogP) is 2.12. The maximum absolute atomic E-state index is 12.7. The summed E-state index contributed by atoms with van der Waals surface area (Å²) in [5, 5.41) is 6.09. The van der Waals surface area contributed by atoms with Crippen molar-refractivity contribution in [3.05, 3.63) is 35.6 Å². The van der Waals surface area contributed by atoms with E-state index in [1.54, 1.807) is 12.1 Å². The van der Waals surface area contributed by atoms with Gasteiger partial charge in [0.25, 0.3) is 0 Å². The van der Waals surface area contributed by atoms with Gasteiger partial charge in [-0.15, -0.1) is 0 Å². The summed E-state index contributed by atoms with van der Waals surface area (Å²) in [7, 11) is 0. The molecule has 0 spiro atoms. The van der Waals surface area contributed by atoms with Gasteiger partial charge in [-0.2, -0.15) is 0 Å². The highest BCUT2D eigenvalue weighted by atomic mass is 19.1. The molecule has 1 aromatic carbocycles. The van der Waals surface area contributed by atoms with Crippen LogP contribution in [0.25, 0.3) is 0 Å². The molecule has 0 atom stereocenters. The number of amides is 1. The number of halogens is 1. The van der Waals surface area contributed by atoms with Gasteiger partial charge < -0.3 is 10.6 Å². The van der Waals surface area contributed by atoms with Gasteiger partial charge in [0.1, 0.15) is 5.82 Å². The highest BCUT2D eigenvalue weighted by Crippen LogP contribution is 2.02. The Morgan fingerprint density at radius 2 is 1.89 bits per heavy atom. The molecule has 19 heavy (non-hydrogen) atoms. The van der Waals surface area contributed by atoms with Gasteiger partial charge in [0, 0.05) is 19.5 Å². The number of hydrogen-bond acceptors (Lipinski definition) is 2. The van der Waals surface area contributed by atoms with E-state index in [9.17, 15) is 9.18 Å². The molecular weight excluding hydrogens is 243 g/mol. The Bertz CT molecular complexity index is 376. The van der Waals surface area contributed by atoms with Crippen molar-refractivity contribution >= 4 is 5.91 Å². The summed E-state index contributed by atoms with van der Waals surface area (Å²) in [6.45, 7) is 6.34. The first-order valence-electron chi connectivity index (χ1n) is 6.80. The Labute approximate surface area is 114 Å². The lowest BCUT2D eigenvalue weighted by molar-refractivity contribution is -0.121. The Morgan fingerprint density at radius 3 is 2.53 bits per heavy atom. The van der Waals surface area contributed by atoms with E-state index in [0.29, 0.717) is 18.9 Å². The van der Waals surface area contributed by atoms with Gasteiger partial charge in [0.2, 0.25) is 5.91 Å². The van der Waals surface area contributed by atoms with E-state index < -0.39 is 0 Å². The van der Waals surface area contributed by atoms with E-state index in [-0.39, 0.29) is 11.7 Å². The van der Waals surface area contributed by atoms with Crippen LogP contribution in [0, 0.1) is 11.7 Å². The van der Waals surface area contributed by atoms with E-state index in [2.05, 4.69) is 24.5 Å². The second-order valence-corrected chi connectivity index (χ2v) is 5.07. The lowest BCUT2D eigenvalue weighted by Gasteiger charge is -2.08. The third-order valence-electron chi connectivity index (χ3n) is 2.74. The highest BCUT2D eigenvalue weighted by molar-refractivity contribution is 5.76. The zero-order chi connectivity index (χ0) is 14.1. The average Bonchev–Trinajstić information content (AvgIpc) is 2.38. The summed E-state index contributed by atoms with van der Waals surface area (Å²) in [5.74, 6) is 0.358. The Morgan fingerprint density at radius 1 is 1.21 bits per heavy atom. The lowest BCUT2D eigenvalue weighted by atomic mass is 10.1. The van der Waals surface area contributed by atoms with Crippen LogP contribution in [0.1, 0.15) is 25.8 Å². The smallest absolute Gasteiger partial charge is 0.221 e. The van der Waals surface area contributed by atoms with E-state index in [4.69, 9.17) is 0 Å². The number of nitrogens with one attached hydrogen (secondary N) is 2. The summed E-state index contributed by atoms with van der Waals surface area (Å²) >= 11 is 0. The number of hydrogen-bond donors (Lipinski definition) is 2. The lowest BCUT2D eigenvalue weighted by Crippen LogP contribution is -2.30. The summed E-state index contributed by atoms with van der Waals surface area (Å²) in [5.41, 5.74) is 1.10. The molecule has 0 aliphatic rings. The molecule has 0 aromatic heterocycles. The summed E-state index contributed by atoms with van der Waals surface area (Å²) in [4.78, 5) is 11.4. The minimum absolute atomic E-state index is 0.0861. The van der Waals surface area contributed by atoms with Crippen molar-refractivity contribution in [3.8, 4) is 0 Å². The van der Waals surface area contributed by atoms with E-state index in [1.165, 1.54) is 12.1 Å². The van der Waals surface area contributed by atoms with Crippen LogP contribution in [0.15, 0.2) is 24.3 Å². The molecule has 2 N–H and O–H groups in total. The molecule has 0 aliphatic carbocycles. The molecular formula is C15H23FN2O. The van der Waals surface area contributed by atoms with Crippen molar-refractivity contribution in [2.24, 2.45) is 5.92 Å². The first-order valence-corrected chi connectivity index (χ1v) is 6.80. The number of carbonyl (C=O) groups is 1. The fourth-order valence-corrected chi connectivity index (χ4v) is 1.62. The van der Waals surface area contributed by atoms with E-state index in [1.807, 2.05) is 0 Å². The van der Waals surface area contributed by atoms with Crippen LogP contribution in [0.2, 0.25) is 0 Å². The Balaban J connectivity index is 2.05. The van der Waals surface area contributed by atoms with Crippen molar-refractivity contribution in [1.82, 2.24) is 10.6 Å². The minimum atomic E-state index is -0.210. The van der Waals surface area contributed by atoms with Gasteiger partial charge in [-0.3, -0.25) is 4.79 Å². The highest BCUT2D eigenvalue weighted by Gasteiger charge is 2.01. The molecule has 0 bridgehead atoms. The zero-order valence-electron chi connectivity index (χ0n) is 11.7. The average molecular weight is 266 g/mol. The SMILES string of the molecule is CC(C)CNC(=O)CCNCCc1ccc(F)cc1. The topological polar surface area (TPSA) is 41.1 Å². The maximum atomic E-state index is 12.7. The van der Waals surface area contributed by atoms with Crippen molar-refractivity contribution in [1.29, 1.82) is 0 Å². The van der Waals surface area contributed by atoms with Crippen LogP contribution >= 0.6 is 0 Å². The Kier molecular flexibility index (Phi) is 7.11. The third-order valence-corrected chi connectivity index (χ3v) is 2.74. The van der Waals surface area contributed by atoms with Crippen LogP contribution in [0.3, 0.4) is 0 Å². The molecule has 1 aromatic rings.